The third kappa shape index (κ3) is 4.85. The summed E-state index contributed by atoms with van der Waals surface area (Å²) < 4.78 is 38.8. The second kappa shape index (κ2) is 6.86. The number of nitrogens with one attached hydrogen (secondary N) is 1. The summed E-state index contributed by atoms with van der Waals surface area (Å²) in [5.41, 5.74) is 0.121. The monoisotopic (exact) mass is 306 g/mol. The SMILES string of the molecule is CCC(CC)(CNC1CC1)CN1CCCC(C(F)(F)F)C1. The Labute approximate surface area is 126 Å². The van der Waals surface area contributed by atoms with Gasteiger partial charge in [-0.05, 0) is 50.5 Å². The average Bonchev–Trinajstić information content (AvgIpc) is 3.27. The Morgan fingerprint density at radius 1 is 1.10 bits per heavy atom. The molecule has 1 atom stereocenters. The second-order valence-electron chi connectivity index (χ2n) is 6.98. The van der Waals surface area contributed by atoms with E-state index in [9.17, 15) is 13.2 Å². The van der Waals surface area contributed by atoms with Crippen LogP contribution in [-0.4, -0.2) is 43.3 Å². The third-order valence-electron chi connectivity index (χ3n) is 5.37. The van der Waals surface area contributed by atoms with Crippen molar-refractivity contribution in [2.24, 2.45) is 11.3 Å². The number of nitrogens with zero attached hydrogens (tertiary/aromatic N) is 1. The van der Waals surface area contributed by atoms with Crippen LogP contribution in [0.2, 0.25) is 0 Å². The van der Waals surface area contributed by atoms with Gasteiger partial charge in [-0.1, -0.05) is 13.8 Å². The molecule has 0 aromatic rings. The van der Waals surface area contributed by atoms with Crippen molar-refractivity contribution in [1.29, 1.82) is 0 Å². The van der Waals surface area contributed by atoms with E-state index in [1.807, 2.05) is 0 Å². The fourth-order valence-electron chi connectivity index (χ4n) is 3.37. The summed E-state index contributed by atoms with van der Waals surface area (Å²) in [5.74, 6) is -1.13. The van der Waals surface area contributed by atoms with Crippen LogP contribution in [0.5, 0.6) is 0 Å². The standard InChI is InChI=1S/C16H29F3N2/c1-3-15(4-2,11-20-14-7-8-14)12-21-9-5-6-13(10-21)16(17,18)19/h13-14,20H,3-12H2,1-2H3. The van der Waals surface area contributed by atoms with E-state index in [0.29, 0.717) is 18.9 Å². The van der Waals surface area contributed by atoms with Gasteiger partial charge in [0.1, 0.15) is 0 Å². The number of hydrogen-bond acceptors (Lipinski definition) is 2. The molecule has 0 bridgehead atoms. The summed E-state index contributed by atoms with van der Waals surface area (Å²) >= 11 is 0. The van der Waals surface area contributed by atoms with Crippen molar-refractivity contribution in [3.8, 4) is 0 Å². The van der Waals surface area contributed by atoms with Crippen molar-refractivity contribution in [3.63, 3.8) is 0 Å². The van der Waals surface area contributed by atoms with Crippen molar-refractivity contribution in [2.45, 2.75) is 64.6 Å². The molecule has 1 aliphatic heterocycles. The van der Waals surface area contributed by atoms with E-state index in [1.165, 1.54) is 12.8 Å². The van der Waals surface area contributed by atoms with Gasteiger partial charge >= 0.3 is 6.18 Å². The molecule has 1 N–H and O–H groups in total. The Morgan fingerprint density at radius 3 is 2.29 bits per heavy atom. The first-order valence-corrected chi connectivity index (χ1v) is 8.41. The molecule has 1 unspecified atom stereocenters. The zero-order valence-corrected chi connectivity index (χ0v) is 13.3. The second-order valence-corrected chi connectivity index (χ2v) is 6.98. The molecule has 21 heavy (non-hydrogen) atoms. The van der Waals surface area contributed by atoms with Gasteiger partial charge in [0.2, 0.25) is 0 Å². The lowest BCUT2D eigenvalue weighted by Gasteiger charge is -2.41. The lowest BCUT2D eigenvalue weighted by molar-refractivity contribution is -0.187. The number of halogens is 3. The number of piperidine rings is 1. The van der Waals surface area contributed by atoms with Crippen molar-refractivity contribution < 1.29 is 13.2 Å². The Kier molecular flexibility index (Phi) is 5.58. The molecule has 1 aliphatic carbocycles. The molecule has 0 aromatic heterocycles. The van der Waals surface area contributed by atoms with Gasteiger partial charge in [-0.15, -0.1) is 0 Å². The Balaban J connectivity index is 1.91. The van der Waals surface area contributed by atoms with Gasteiger partial charge in [0.05, 0.1) is 5.92 Å². The molecule has 124 valence electrons. The highest BCUT2D eigenvalue weighted by Crippen LogP contribution is 2.35. The van der Waals surface area contributed by atoms with Crippen molar-refractivity contribution in [1.82, 2.24) is 10.2 Å². The molecular weight excluding hydrogens is 277 g/mol. The van der Waals surface area contributed by atoms with E-state index < -0.39 is 12.1 Å². The highest BCUT2D eigenvalue weighted by atomic mass is 19.4. The summed E-state index contributed by atoms with van der Waals surface area (Å²) in [5, 5.41) is 3.58. The quantitative estimate of drug-likeness (QED) is 0.769. The van der Waals surface area contributed by atoms with Gasteiger partial charge in [0.25, 0.3) is 0 Å². The molecule has 0 radical (unpaired) electrons. The molecule has 2 nitrogen and oxygen atoms in total. The number of likely N-dealkylation sites (tertiary alicyclic amines) is 1. The molecule has 1 saturated carbocycles. The summed E-state index contributed by atoms with van der Waals surface area (Å²) in [6.07, 6.45) is 1.49. The van der Waals surface area contributed by atoms with Gasteiger partial charge in [0.15, 0.2) is 0 Å². The van der Waals surface area contributed by atoms with Crippen LogP contribution in [0.4, 0.5) is 13.2 Å². The molecule has 1 heterocycles. The topological polar surface area (TPSA) is 15.3 Å². The normalized spacial score (nSPS) is 25.3. The predicted molar refractivity (Wildman–Crippen MR) is 79.3 cm³/mol. The largest absolute Gasteiger partial charge is 0.393 e. The highest BCUT2D eigenvalue weighted by molar-refractivity contribution is 4.90. The molecule has 2 rings (SSSR count). The molecule has 2 aliphatic rings. The van der Waals surface area contributed by atoms with E-state index in [2.05, 4.69) is 24.1 Å². The fourth-order valence-corrected chi connectivity index (χ4v) is 3.37. The zero-order chi connectivity index (χ0) is 15.5. The summed E-state index contributed by atoms with van der Waals surface area (Å²) in [7, 11) is 0. The van der Waals surface area contributed by atoms with Crippen LogP contribution in [0.3, 0.4) is 0 Å². The van der Waals surface area contributed by atoms with Gasteiger partial charge in [-0.25, -0.2) is 0 Å². The molecule has 1 saturated heterocycles. The molecule has 5 heteroatoms. The molecule has 0 spiro atoms. The van der Waals surface area contributed by atoms with E-state index in [0.717, 1.165) is 32.5 Å². The minimum Gasteiger partial charge on any atom is -0.313 e. The Morgan fingerprint density at radius 2 is 1.76 bits per heavy atom. The zero-order valence-electron chi connectivity index (χ0n) is 13.3. The van der Waals surface area contributed by atoms with E-state index in [4.69, 9.17) is 0 Å². The van der Waals surface area contributed by atoms with Crippen molar-refractivity contribution >= 4 is 0 Å². The third-order valence-corrected chi connectivity index (χ3v) is 5.37. The van der Waals surface area contributed by atoms with Gasteiger partial charge < -0.3 is 10.2 Å². The number of rotatable bonds is 7. The number of alkyl halides is 3. The van der Waals surface area contributed by atoms with Crippen molar-refractivity contribution in [3.05, 3.63) is 0 Å². The molecule has 0 amide bonds. The minimum atomic E-state index is -4.04. The Hall–Kier alpha value is -0.290. The van der Waals surface area contributed by atoms with Crippen molar-refractivity contribution in [2.75, 3.05) is 26.2 Å². The van der Waals surface area contributed by atoms with Crippen LogP contribution in [0.25, 0.3) is 0 Å². The average molecular weight is 306 g/mol. The van der Waals surface area contributed by atoms with Gasteiger partial charge in [0, 0.05) is 25.7 Å². The molecular formula is C16H29F3N2. The van der Waals surface area contributed by atoms with E-state index >= 15 is 0 Å². The summed E-state index contributed by atoms with van der Waals surface area (Å²) in [4.78, 5) is 2.06. The maximum atomic E-state index is 12.9. The van der Waals surface area contributed by atoms with E-state index in [-0.39, 0.29) is 12.0 Å². The van der Waals surface area contributed by atoms with Gasteiger partial charge in [-0.2, -0.15) is 13.2 Å². The predicted octanol–water partition coefficient (Wildman–Crippen LogP) is 3.82. The van der Waals surface area contributed by atoms with Crippen LogP contribution in [0.15, 0.2) is 0 Å². The molecule has 0 aromatic carbocycles. The first-order chi connectivity index (χ1) is 9.88. The van der Waals surface area contributed by atoms with Crippen LogP contribution < -0.4 is 5.32 Å². The van der Waals surface area contributed by atoms with Crippen LogP contribution in [0, 0.1) is 11.3 Å². The summed E-state index contributed by atoms with van der Waals surface area (Å²) in [6.45, 7) is 7.09. The first kappa shape index (κ1) is 17.1. The smallest absolute Gasteiger partial charge is 0.313 e. The van der Waals surface area contributed by atoms with E-state index in [1.54, 1.807) is 0 Å². The molecule has 2 fully saturated rings. The highest BCUT2D eigenvalue weighted by Gasteiger charge is 2.43. The minimum absolute atomic E-state index is 0.121. The van der Waals surface area contributed by atoms with Crippen LogP contribution >= 0.6 is 0 Å². The number of hydrogen-bond donors (Lipinski definition) is 1. The fraction of sp³-hybridized carbons (Fsp3) is 1.00. The van der Waals surface area contributed by atoms with Crippen LogP contribution in [0.1, 0.15) is 52.4 Å². The van der Waals surface area contributed by atoms with Crippen LogP contribution in [-0.2, 0) is 0 Å². The lowest BCUT2D eigenvalue weighted by atomic mass is 9.80. The van der Waals surface area contributed by atoms with Gasteiger partial charge in [-0.3, -0.25) is 0 Å². The maximum Gasteiger partial charge on any atom is 0.393 e. The Bertz CT molecular complexity index is 322. The first-order valence-electron chi connectivity index (χ1n) is 8.41. The lowest BCUT2D eigenvalue weighted by Crippen LogP contribution is -2.49. The maximum absolute atomic E-state index is 12.9. The summed E-state index contributed by atoms with van der Waals surface area (Å²) in [6, 6.07) is 0.659.